The first-order valence-electron chi connectivity index (χ1n) is 11.6. The molecule has 2 heterocycles. The lowest BCUT2D eigenvalue weighted by atomic mass is 9.86. The van der Waals surface area contributed by atoms with E-state index in [1.54, 1.807) is 36.7 Å². The van der Waals surface area contributed by atoms with Gasteiger partial charge in [0.15, 0.2) is 6.10 Å². The van der Waals surface area contributed by atoms with E-state index in [4.69, 9.17) is 4.74 Å². The van der Waals surface area contributed by atoms with Crippen LogP contribution in [-0.4, -0.2) is 58.3 Å². The van der Waals surface area contributed by atoms with Gasteiger partial charge in [0, 0.05) is 31.7 Å². The third-order valence-corrected chi connectivity index (χ3v) is 6.54. The van der Waals surface area contributed by atoms with Crippen LogP contribution < -0.4 is 0 Å². The van der Waals surface area contributed by atoms with E-state index < -0.39 is 11.6 Å². The Morgan fingerprint density at radius 1 is 1.03 bits per heavy atom. The quantitative estimate of drug-likeness (QED) is 0.424. The van der Waals surface area contributed by atoms with Crippen molar-refractivity contribution in [3.63, 3.8) is 0 Å². The second-order valence-corrected chi connectivity index (χ2v) is 9.13. The van der Waals surface area contributed by atoms with Gasteiger partial charge in [0.2, 0.25) is 5.60 Å². The third-order valence-electron chi connectivity index (χ3n) is 6.54. The molecular formula is C27H32N3O3+. The van der Waals surface area contributed by atoms with Gasteiger partial charge in [-0.1, -0.05) is 60.7 Å². The van der Waals surface area contributed by atoms with E-state index in [-0.39, 0.29) is 6.10 Å². The average molecular weight is 447 g/mol. The molecule has 0 aliphatic carbocycles. The number of carbonyl (C=O) groups is 1. The molecule has 3 aromatic rings. The zero-order valence-electron chi connectivity index (χ0n) is 19.1. The van der Waals surface area contributed by atoms with E-state index in [0.717, 1.165) is 55.6 Å². The first-order valence-corrected chi connectivity index (χ1v) is 11.6. The zero-order chi connectivity index (χ0) is 23.2. The number of carbonyl (C=O) groups excluding carboxylic acids is 1. The van der Waals surface area contributed by atoms with Crippen molar-refractivity contribution in [2.24, 2.45) is 0 Å². The SMILES string of the molecule is C[N+]1(CCCc2ncccn2)CCC[C@@H](OC(=O)C(O)(c2ccccc2)c2ccccc2)C1. The summed E-state index contributed by atoms with van der Waals surface area (Å²) in [6.07, 6.45) is 6.90. The molecule has 1 aliphatic rings. The minimum atomic E-state index is -1.84. The number of nitrogens with zero attached hydrogens (tertiary/aromatic N) is 3. The summed E-state index contributed by atoms with van der Waals surface area (Å²) in [5, 5.41) is 11.7. The fourth-order valence-corrected chi connectivity index (χ4v) is 4.75. The molecule has 1 aromatic heterocycles. The lowest BCUT2D eigenvalue weighted by Gasteiger charge is -2.41. The van der Waals surface area contributed by atoms with Crippen molar-refractivity contribution >= 4 is 5.97 Å². The molecule has 0 saturated carbocycles. The van der Waals surface area contributed by atoms with E-state index in [1.807, 2.05) is 42.5 Å². The van der Waals surface area contributed by atoms with Crippen LogP contribution in [0.3, 0.4) is 0 Å². The Labute approximate surface area is 195 Å². The van der Waals surface area contributed by atoms with Crippen LogP contribution in [0.4, 0.5) is 0 Å². The second kappa shape index (κ2) is 10.2. The Bertz CT molecular complexity index is 991. The van der Waals surface area contributed by atoms with Gasteiger partial charge in [-0.05, 0) is 23.6 Å². The molecule has 33 heavy (non-hydrogen) atoms. The molecule has 0 amide bonds. The molecule has 1 N–H and O–H groups in total. The van der Waals surface area contributed by atoms with Crippen LogP contribution in [0.1, 0.15) is 36.2 Å². The maximum atomic E-state index is 13.4. The van der Waals surface area contributed by atoms with Gasteiger partial charge in [-0.2, -0.15) is 0 Å². The molecule has 0 spiro atoms. The largest absolute Gasteiger partial charge is 0.454 e. The van der Waals surface area contributed by atoms with Gasteiger partial charge in [0.05, 0.1) is 20.1 Å². The van der Waals surface area contributed by atoms with Gasteiger partial charge < -0.3 is 14.3 Å². The molecule has 2 aromatic carbocycles. The predicted molar refractivity (Wildman–Crippen MR) is 126 cm³/mol. The van der Waals surface area contributed by atoms with Crippen LogP contribution in [0, 0.1) is 0 Å². The fraction of sp³-hybridized carbons (Fsp3) is 0.370. The Morgan fingerprint density at radius 3 is 2.24 bits per heavy atom. The highest BCUT2D eigenvalue weighted by molar-refractivity contribution is 5.85. The molecule has 172 valence electrons. The summed E-state index contributed by atoms with van der Waals surface area (Å²) >= 11 is 0. The molecule has 1 aliphatic heterocycles. The Hall–Kier alpha value is -3.09. The average Bonchev–Trinajstić information content (AvgIpc) is 2.85. The number of likely N-dealkylation sites (tertiary alicyclic amines) is 1. The lowest BCUT2D eigenvalue weighted by Crippen LogP contribution is -2.55. The highest BCUT2D eigenvalue weighted by Gasteiger charge is 2.44. The monoisotopic (exact) mass is 446 g/mol. The number of hydrogen-bond acceptors (Lipinski definition) is 5. The number of likely N-dealkylation sites (N-methyl/N-ethyl adjacent to an activating group) is 1. The number of ether oxygens (including phenoxy) is 1. The maximum absolute atomic E-state index is 13.4. The summed E-state index contributed by atoms with van der Waals surface area (Å²) in [4.78, 5) is 22.1. The van der Waals surface area contributed by atoms with Crippen LogP contribution in [0.15, 0.2) is 79.1 Å². The molecule has 0 bridgehead atoms. The van der Waals surface area contributed by atoms with Crippen molar-refractivity contribution in [3.8, 4) is 0 Å². The first-order chi connectivity index (χ1) is 16.0. The van der Waals surface area contributed by atoms with Gasteiger partial charge in [0.1, 0.15) is 12.4 Å². The summed E-state index contributed by atoms with van der Waals surface area (Å²) in [6.45, 7) is 2.75. The second-order valence-electron chi connectivity index (χ2n) is 9.13. The number of aryl methyl sites for hydroxylation is 1. The van der Waals surface area contributed by atoms with E-state index in [9.17, 15) is 9.90 Å². The van der Waals surface area contributed by atoms with Crippen molar-refractivity contribution < 1.29 is 19.1 Å². The smallest absolute Gasteiger partial charge is 0.348 e. The van der Waals surface area contributed by atoms with E-state index >= 15 is 0 Å². The number of aliphatic hydroxyl groups is 1. The van der Waals surface area contributed by atoms with Gasteiger partial charge >= 0.3 is 5.97 Å². The van der Waals surface area contributed by atoms with Crippen LogP contribution in [0.25, 0.3) is 0 Å². The minimum Gasteiger partial charge on any atom is -0.454 e. The molecule has 0 radical (unpaired) electrons. The Morgan fingerprint density at radius 2 is 1.64 bits per heavy atom. The summed E-state index contributed by atoms with van der Waals surface area (Å²) in [5.74, 6) is 0.246. The molecule has 1 unspecified atom stereocenters. The Balaban J connectivity index is 1.44. The highest BCUT2D eigenvalue weighted by Crippen LogP contribution is 2.32. The van der Waals surface area contributed by atoms with E-state index in [2.05, 4.69) is 17.0 Å². The molecule has 6 heteroatoms. The molecular weight excluding hydrogens is 414 g/mol. The highest BCUT2D eigenvalue weighted by atomic mass is 16.6. The molecule has 2 atom stereocenters. The van der Waals surface area contributed by atoms with Crippen LogP contribution >= 0.6 is 0 Å². The van der Waals surface area contributed by atoms with E-state index in [0.29, 0.717) is 11.1 Å². The summed E-state index contributed by atoms with van der Waals surface area (Å²) in [6, 6.07) is 19.9. The first kappa shape index (κ1) is 23.1. The van der Waals surface area contributed by atoms with Crippen LogP contribution in [0.2, 0.25) is 0 Å². The van der Waals surface area contributed by atoms with Crippen LogP contribution in [-0.2, 0) is 21.6 Å². The fourth-order valence-electron chi connectivity index (χ4n) is 4.75. The number of quaternary nitrogens is 1. The van der Waals surface area contributed by atoms with E-state index in [1.165, 1.54) is 0 Å². The molecule has 6 nitrogen and oxygen atoms in total. The summed E-state index contributed by atoms with van der Waals surface area (Å²) < 4.78 is 6.83. The van der Waals surface area contributed by atoms with Gasteiger partial charge in [-0.15, -0.1) is 0 Å². The molecule has 1 fully saturated rings. The van der Waals surface area contributed by atoms with Crippen molar-refractivity contribution in [1.82, 2.24) is 9.97 Å². The van der Waals surface area contributed by atoms with Gasteiger partial charge in [-0.25, -0.2) is 14.8 Å². The third kappa shape index (κ3) is 5.46. The number of aromatic nitrogens is 2. The number of benzene rings is 2. The van der Waals surface area contributed by atoms with Crippen molar-refractivity contribution in [2.45, 2.75) is 37.4 Å². The topological polar surface area (TPSA) is 72.3 Å². The van der Waals surface area contributed by atoms with Crippen molar-refractivity contribution in [1.29, 1.82) is 0 Å². The van der Waals surface area contributed by atoms with Gasteiger partial charge in [0.25, 0.3) is 0 Å². The molecule has 4 rings (SSSR count). The minimum absolute atomic E-state index is 0.233. The predicted octanol–water partition coefficient (Wildman–Crippen LogP) is 3.50. The normalized spacial score (nSPS) is 20.8. The standard InChI is InChI=1S/C27H32N3O3/c1-30(20-9-16-25-28-17-10-18-29-25)19-8-15-24(21-30)33-26(31)27(32,22-11-4-2-5-12-22)23-13-6-3-7-14-23/h2-7,10-14,17-18,24,32H,8-9,15-16,19-21H2,1H3/q+1/t24-,30?/m1/s1. The van der Waals surface area contributed by atoms with Crippen LogP contribution in [0.5, 0.6) is 0 Å². The number of piperidine rings is 1. The lowest BCUT2D eigenvalue weighted by molar-refractivity contribution is -0.917. The van der Waals surface area contributed by atoms with Crippen molar-refractivity contribution in [3.05, 3.63) is 96.1 Å². The number of hydrogen-bond donors (Lipinski definition) is 1. The van der Waals surface area contributed by atoms with Crippen molar-refractivity contribution in [2.75, 3.05) is 26.7 Å². The number of esters is 1. The summed E-state index contributed by atoms with van der Waals surface area (Å²) in [5.41, 5.74) is -0.817. The molecule has 1 saturated heterocycles. The van der Waals surface area contributed by atoms with Gasteiger partial charge in [-0.3, -0.25) is 0 Å². The zero-order valence-corrected chi connectivity index (χ0v) is 19.1. The Kier molecular flexibility index (Phi) is 7.16. The summed E-state index contributed by atoms with van der Waals surface area (Å²) in [7, 11) is 2.21. The maximum Gasteiger partial charge on any atom is 0.348 e. The number of rotatable bonds is 8.